The Morgan fingerprint density at radius 1 is 0.719 bits per heavy atom. The van der Waals surface area contributed by atoms with Crippen molar-refractivity contribution in [2.24, 2.45) is 0 Å². The van der Waals surface area contributed by atoms with Gasteiger partial charge in [0, 0.05) is 0 Å². The van der Waals surface area contributed by atoms with Crippen LogP contribution in [0, 0.1) is 0 Å². The number of ether oxygens (including phenoxy) is 1. The van der Waals surface area contributed by atoms with Crippen molar-refractivity contribution in [2.75, 3.05) is 13.3 Å². The summed E-state index contributed by atoms with van der Waals surface area (Å²) in [4.78, 5) is 0. The summed E-state index contributed by atoms with van der Waals surface area (Å²) in [5.74, 6) is 3.35. The summed E-state index contributed by atoms with van der Waals surface area (Å²) in [6.07, 6.45) is 2.25. The van der Waals surface area contributed by atoms with Crippen molar-refractivity contribution >= 4 is 44.5 Å². The van der Waals surface area contributed by atoms with Crippen LogP contribution in [0.3, 0.4) is 0 Å². The first-order chi connectivity index (χ1) is 15.6. The van der Waals surface area contributed by atoms with Gasteiger partial charge >= 0.3 is 200 Å². The summed E-state index contributed by atoms with van der Waals surface area (Å²) in [6, 6.07) is 38.9. The van der Waals surface area contributed by atoms with Crippen molar-refractivity contribution in [1.82, 2.24) is 0 Å². The molecule has 0 aliphatic carbocycles. The zero-order chi connectivity index (χ0) is 22.5. The summed E-state index contributed by atoms with van der Waals surface area (Å²) in [7, 11) is 0. The molecule has 0 amide bonds. The number of halogens is 1. The first-order valence-electron chi connectivity index (χ1n) is 10.9. The van der Waals surface area contributed by atoms with E-state index in [2.05, 4.69) is 132 Å². The molecule has 4 rings (SSSR count). The number of hydrogen-bond acceptors (Lipinski definition) is 1. The zero-order valence-corrected chi connectivity index (χ0v) is 21.0. The van der Waals surface area contributed by atoms with Gasteiger partial charge < -0.3 is 0 Å². The maximum atomic E-state index is 5.95. The Morgan fingerprint density at radius 3 is 1.62 bits per heavy atom. The van der Waals surface area contributed by atoms with Crippen molar-refractivity contribution in [3.05, 3.63) is 125 Å². The van der Waals surface area contributed by atoms with Crippen LogP contribution < -0.4 is 20.7 Å². The minimum atomic E-state index is -2.94. The Bertz CT molecular complexity index is 1100. The van der Waals surface area contributed by atoms with Crippen LogP contribution in [0.15, 0.2) is 119 Å². The standard InChI is InChI=1S/C29H28BrOP/c1-3-31-29-20-19-25(30)23-24(29)21-22-32(2,26-13-7-4-8-14-26,27-15-9-5-10-16-27)28-17-11-6-12-18-28/h4-23H,3H2,1-2H3. The van der Waals surface area contributed by atoms with Gasteiger partial charge in [0.15, 0.2) is 0 Å². The molecule has 162 valence electrons. The zero-order valence-electron chi connectivity index (χ0n) is 18.5. The van der Waals surface area contributed by atoms with Gasteiger partial charge in [-0.15, -0.1) is 0 Å². The molecule has 0 radical (unpaired) electrons. The van der Waals surface area contributed by atoms with Crippen molar-refractivity contribution in [3.8, 4) is 5.75 Å². The van der Waals surface area contributed by atoms with Gasteiger partial charge in [-0.2, -0.15) is 0 Å². The Kier molecular flexibility index (Phi) is 6.65. The van der Waals surface area contributed by atoms with Crippen molar-refractivity contribution in [2.45, 2.75) is 6.92 Å². The van der Waals surface area contributed by atoms with E-state index in [4.69, 9.17) is 4.74 Å². The molecule has 0 N–H and O–H groups in total. The van der Waals surface area contributed by atoms with Crippen LogP contribution >= 0.6 is 22.5 Å². The molecule has 0 atom stereocenters. The van der Waals surface area contributed by atoms with E-state index in [1.54, 1.807) is 0 Å². The third kappa shape index (κ3) is 4.06. The quantitative estimate of drug-likeness (QED) is 0.247. The van der Waals surface area contributed by atoms with E-state index in [1.165, 1.54) is 15.9 Å². The molecule has 0 spiro atoms. The summed E-state index contributed by atoms with van der Waals surface area (Å²) in [5, 5.41) is 4.00. The van der Waals surface area contributed by atoms with Gasteiger partial charge in [0.1, 0.15) is 0 Å². The fraction of sp³-hybridized carbons (Fsp3) is 0.103. The van der Waals surface area contributed by atoms with E-state index < -0.39 is 6.60 Å². The molecule has 1 nitrogen and oxygen atoms in total. The van der Waals surface area contributed by atoms with Crippen LogP contribution in [0.25, 0.3) is 6.08 Å². The molecule has 0 unspecified atom stereocenters. The molecular formula is C29H28BrOP. The summed E-state index contributed by atoms with van der Waals surface area (Å²) >= 11 is 3.64. The molecule has 3 heteroatoms. The maximum absolute atomic E-state index is 5.95. The topological polar surface area (TPSA) is 9.23 Å². The summed E-state index contributed by atoms with van der Waals surface area (Å²) in [5.41, 5.74) is 1.07. The van der Waals surface area contributed by atoms with Crippen LogP contribution in [0.1, 0.15) is 12.5 Å². The molecule has 0 fully saturated rings. The first kappa shape index (κ1) is 22.5. The van der Waals surface area contributed by atoms with Crippen LogP contribution in [-0.2, 0) is 0 Å². The Labute approximate surface area is 199 Å². The molecule has 0 aliphatic rings. The van der Waals surface area contributed by atoms with Crippen LogP contribution in [0.4, 0.5) is 0 Å². The van der Waals surface area contributed by atoms with Crippen LogP contribution in [-0.4, -0.2) is 13.3 Å². The van der Waals surface area contributed by atoms with Gasteiger partial charge in [-0.25, -0.2) is 0 Å². The SMILES string of the molecule is CCOc1ccc(Br)cc1C=CP(C)(c1ccccc1)(c1ccccc1)c1ccccc1. The molecule has 0 saturated heterocycles. The van der Waals surface area contributed by atoms with Gasteiger partial charge in [-0.1, -0.05) is 0 Å². The number of hydrogen-bond donors (Lipinski definition) is 0. The van der Waals surface area contributed by atoms with E-state index in [1.807, 2.05) is 19.1 Å². The second-order valence-corrected chi connectivity index (χ2v) is 14.2. The summed E-state index contributed by atoms with van der Waals surface area (Å²) in [6.45, 7) is 2.16. The minimum absolute atomic E-state index is 0.633. The molecule has 32 heavy (non-hydrogen) atoms. The van der Waals surface area contributed by atoms with E-state index >= 15 is 0 Å². The molecule has 0 heterocycles. The molecule has 0 aromatic heterocycles. The second-order valence-electron chi connectivity index (χ2n) is 8.09. The van der Waals surface area contributed by atoms with Gasteiger partial charge in [-0.3, -0.25) is 0 Å². The van der Waals surface area contributed by atoms with Gasteiger partial charge in [0.2, 0.25) is 0 Å². The predicted molar refractivity (Wildman–Crippen MR) is 145 cm³/mol. The molecular weight excluding hydrogens is 475 g/mol. The second kappa shape index (κ2) is 9.45. The third-order valence-corrected chi connectivity index (χ3v) is 12.4. The Hall–Kier alpha value is -2.67. The Balaban J connectivity index is 2.06. The first-order valence-corrected chi connectivity index (χ1v) is 14.4. The van der Waals surface area contributed by atoms with Gasteiger partial charge in [-0.05, 0) is 0 Å². The van der Waals surface area contributed by atoms with Gasteiger partial charge in [0.05, 0.1) is 0 Å². The monoisotopic (exact) mass is 502 g/mol. The molecule has 0 bridgehead atoms. The van der Waals surface area contributed by atoms with Gasteiger partial charge in [0.25, 0.3) is 0 Å². The molecule has 0 aliphatic heterocycles. The van der Waals surface area contributed by atoms with E-state index in [9.17, 15) is 0 Å². The van der Waals surface area contributed by atoms with Crippen LogP contribution in [0.2, 0.25) is 0 Å². The fourth-order valence-corrected chi connectivity index (χ4v) is 9.49. The average Bonchev–Trinajstić information content (AvgIpc) is 2.86. The Morgan fingerprint density at radius 2 is 1.19 bits per heavy atom. The summed E-state index contributed by atoms with van der Waals surface area (Å²) < 4.78 is 6.99. The number of benzene rings is 4. The van der Waals surface area contributed by atoms with Crippen molar-refractivity contribution in [3.63, 3.8) is 0 Å². The van der Waals surface area contributed by atoms with Crippen molar-refractivity contribution in [1.29, 1.82) is 0 Å². The fourth-order valence-electron chi connectivity index (χ4n) is 4.35. The van der Waals surface area contributed by atoms with E-state index in [0.29, 0.717) is 6.61 Å². The van der Waals surface area contributed by atoms with Crippen LogP contribution in [0.5, 0.6) is 5.75 Å². The van der Waals surface area contributed by atoms with E-state index in [0.717, 1.165) is 15.8 Å². The normalized spacial score (nSPS) is 12.9. The number of rotatable bonds is 7. The average molecular weight is 503 g/mol. The predicted octanol–water partition coefficient (Wildman–Crippen LogP) is 6.98. The molecule has 4 aromatic rings. The molecule has 4 aromatic carbocycles. The third-order valence-electron chi connectivity index (χ3n) is 6.16. The van der Waals surface area contributed by atoms with Crippen molar-refractivity contribution < 1.29 is 4.74 Å². The molecule has 0 saturated carbocycles. The van der Waals surface area contributed by atoms with E-state index in [-0.39, 0.29) is 0 Å².